The molecular weight excluding hydrogens is 264 g/mol. The Kier molecular flexibility index (Phi) is 5.58. The van der Waals surface area contributed by atoms with Crippen LogP contribution in [0.5, 0.6) is 0 Å². The highest BCUT2D eigenvalue weighted by Gasteiger charge is 2.26. The van der Waals surface area contributed by atoms with Crippen molar-refractivity contribution in [2.75, 3.05) is 0 Å². The van der Waals surface area contributed by atoms with Crippen LogP contribution >= 0.6 is 12.2 Å². The summed E-state index contributed by atoms with van der Waals surface area (Å²) >= 11 is 5.45. The van der Waals surface area contributed by atoms with Crippen LogP contribution in [-0.4, -0.2) is 10.7 Å². The van der Waals surface area contributed by atoms with Gasteiger partial charge in [0.15, 0.2) is 5.11 Å². The van der Waals surface area contributed by atoms with Crippen LogP contribution in [0.1, 0.15) is 59.6 Å². The van der Waals surface area contributed by atoms with Gasteiger partial charge in [-0.25, -0.2) is 0 Å². The summed E-state index contributed by atoms with van der Waals surface area (Å²) < 4.78 is 0. The molecule has 2 N–H and O–H groups in total. The zero-order valence-electron chi connectivity index (χ0n) is 13.6. The molecule has 20 heavy (non-hydrogen) atoms. The summed E-state index contributed by atoms with van der Waals surface area (Å²) in [6, 6.07) is 10.6. The molecule has 0 aliphatic heterocycles. The van der Waals surface area contributed by atoms with Gasteiger partial charge in [-0.2, -0.15) is 0 Å². The highest BCUT2D eigenvalue weighted by molar-refractivity contribution is 7.80. The van der Waals surface area contributed by atoms with E-state index in [9.17, 15) is 0 Å². The molecule has 0 bridgehead atoms. The van der Waals surface area contributed by atoms with Gasteiger partial charge in [-0.3, -0.25) is 0 Å². The first-order valence-corrected chi connectivity index (χ1v) is 7.63. The third-order valence-electron chi connectivity index (χ3n) is 3.07. The van der Waals surface area contributed by atoms with Crippen molar-refractivity contribution >= 4 is 17.3 Å². The Labute approximate surface area is 129 Å². The van der Waals surface area contributed by atoms with Gasteiger partial charge in [0.25, 0.3) is 0 Å². The lowest BCUT2D eigenvalue weighted by Gasteiger charge is -2.35. The van der Waals surface area contributed by atoms with Gasteiger partial charge in [-0.05, 0) is 50.4 Å². The fourth-order valence-electron chi connectivity index (χ4n) is 2.74. The molecule has 0 saturated carbocycles. The van der Waals surface area contributed by atoms with Gasteiger partial charge in [0.2, 0.25) is 0 Å². The number of rotatable bonds is 4. The predicted octanol–water partition coefficient (Wildman–Crippen LogP) is 4.43. The van der Waals surface area contributed by atoms with Gasteiger partial charge < -0.3 is 10.6 Å². The normalized spacial score (nSPS) is 13.7. The fourth-order valence-corrected chi connectivity index (χ4v) is 3.19. The second-order valence-electron chi connectivity index (χ2n) is 7.35. The van der Waals surface area contributed by atoms with Gasteiger partial charge >= 0.3 is 0 Å². The Morgan fingerprint density at radius 2 is 1.65 bits per heavy atom. The maximum Gasteiger partial charge on any atom is 0.167 e. The minimum Gasteiger partial charge on any atom is -0.358 e. The summed E-state index contributed by atoms with van der Waals surface area (Å²) in [5.74, 6) is 0. The molecular formula is C17H28N2S. The number of benzene rings is 1. The van der Waals surface area contributed by atoms with E-state index in [1.807, 2.05) is 18.2 Å². The molecule has 3 heteroatoms. The predicted molar refractivity (Wildman–Crippen MR) is 91.9 cm³/mol. The van der Waals surface area contributed by atoms with Crippen LogP contribution in [0.2, 0.25) is 0 Å². The summed E-state index contributed by atoms with van der Waals surface area (Å²) in [6.07, 6.45) is 1.06. The van der Waals surface area contributed by atoms with E-state index in [2.05, 4.69) is 64.3 Å². The van der Waals surface area contributed by atoms with E-state index in [4.69, 9.17) is 12.2 Å². The first-order valence-electron chi connectivity index (χ1n) is 7.23. The second kappa shape index (κ2) is 6.57. The minimum atomic E-state index is -0.0151. The number of hydrogen-bond donors (Lipinski definition) is 2. The number of hydrogen-bond acceptors (Lipinski definition) is 1. The topological polar surface area (TPSA) is 24.1 Å². The summed E-state index contributed by atoms with van der Waals surface area (Å²) in [6.45, 7) is 13.3. The maximum absolute atomic E-state index is 5.45. The highest BCUT2D eigenvalue weighted by atomic mass is 32.1. The van der Waals surface area contributed by atoms with E-state index in [0.717, 1.165) is 11.5 Å². The maximum atomic E-state index is 5.45. The molecule has 0 fully saturated rings. The molecule has 1 aromatic rings. The van der Waals surface area contributed by atoms with Gasteiger partial charge in [0.1, 0.15) is 0 Å². The highest BCUT2D eigenvalue weighted by Crippen LogP contribution is 2.26. The molecule has 0 spiro atoms. The molecule has 0 saturated heterocycles. The van der Waals surface area contributed by atoms with Crippen molar-refractivity contribution < 1.29 is 0 Å². The molecule has 0 amide bonds. The van der Waals surface area contributed by atoms with E-state index in [0.29, 0.717) is 0 Å². The van der Waals surface area contributed by atoms with Crippen molar-refractivity contribution in [2.45, 2.75) is 59.5 Å². The molecule has 1 aromatic carbocycles. The lowest BCUT2D eigenvalue weighted by atomic mass is 9.82. The zero-order valence-corrected chi connectivity index (χ0v) is 14.4. The van der Waals surface area contributed by atoms with Crippen LogP contribution in [0.25, 0.3) is 0 Å². The van der Waals surface area contributed by atoms with E-state index in [1.54, 1.807) is 0 Å². The second-order valence-corrected chi connectivity index (χ2v) is 7.76. The van der Waals surface area contributed by atoms with E-state index < -0.39 is 0 Å². The largest absolute Gasteiger partial charge is 0.358 e. The molecule has 0 aliphatic rings. The van der Waals surface area contributed by atoms with Crippen molar-refractivity contribution in [2.24, 2.45) is 5.41 Å². The Balaban J connectivity index is 2.55. The lowest BCUT2D eigenvalue weighted by Crippen LogP contribution is -2.50. The van der Waals surface area contributed by atoms with Crippen molar-refractivity contribution in [3.63, 3.8) is 0 Å². The fraction of sp³-hybridized carbons (Fsp3) is 0.588. The zero-order chi connectivity index (χ0) is 15.4. The monoisotopic (exact) mass is 292 g/mol. The van der Waals surface area contributed by atoms with Crippen molar-refractivity contribution in [3.8, 4) is 0 Å². The smallest absolute Gasteiger partial charge is 0.167 e. The van der Waals surface area contributed by atoms with E-state index in [1.165, 1.54) is 5.56 Å². The van der Waals surface area contributed by atoms with Gasteiger partial charge in [0.05, 0.1) is 6.04 Å². The average Bonchev–Trinajstić information content (AvgIpc) is 2.25. The Bertz CT molecular complexity index is 432. The molecule has 0 aliphatic carbocycles. The van der Waals surface area contributed by atoms with Crippen LogP contribution in [0.3, 0.4) is 0 Å². The van der Waals surface area contributed by atoms with Gasteiger partial charge in [-0.1, -0.05) is 51.1 Å². The molecule has 0 aromatic heterocycles. The minimum absolute atomic E-state index is 0.0151. The van der Waals surface area contributed by atoms with Gasteiger partial charge in [-0.15, -0.1) is 0 Å². The Hall–Kier alpha value is -1.09. The SMILES string of the molecule is CC(NC(=S)NC(C)(C)CC(C)(C)C)c1ccccc1. The van der Waals surface area contributed by atoms with E-state index in [-0.39, 0.29) is 17.0 Å². The van der Waals surface area contributed by atoms with Crippen molar-refractivity contribution in [3.05, 3.63) is 35.9 Å². The van der Waals surface area contributed by atoms with Crippen LogP contribution in [-0.2, 0) is 0 Å². The molecule has 112 valence electrons. The summed E-state index contributed by atoms with van der Waals surface area (Å²) in [7, 11) is 0. The summed E-state index contributed by atoms with van der Waals surface area (Å²) in [5.41, 5.74) is 1.50. The Morgan fingerprint density at radius 3 is 2.15 bits per heavy atom. The standard InChI is InChI=1S/C17H28N2S/c1-13(14-10-8-7-9-11-14)18-15(20)19-17(5,6)12-16(2,3)4/h7-11,13H,12H2,1-6H3,(H2,18,19,20). The molecule has 1 unspecified atom stereocenters. The van der Waals surface area contributed by atoms with Crippen LogP contribution in [0, 0.1) is 5.41 Å². The molecule has 1 rings (SSSR count). The summed E-state index contributed by atoms with van der Waals surface area (Å²) in [4.78, 5) is 0. The molecule has 0 radical (unpaired) electrons. The van der Waals surface area contributed by atoms with Crippen LogP contribution < -0.4 is 10.6 Å². The average molecular weight is 292 g/mol. The number of thiocarbonyl (C=S) groups is 1. The first kappa shape index (κ1) is 17.0. The third kappa shape index (κ3) is 6.38. The Morgan fingerprint density at radius 1 is 1.10 bits per heavy atom. The van der Waals surface area contributed by atoms with Gasteiger partial charge in [0, 0.05) is 5.54 Å². The van der Waals surface area contributed by atoms with Crippen LogP contribution in [0.15, 0.2) is 30.3 Å². The quantitative estimate of drug-likeness (QED) is 0.803. The summed E-state index contributed by atoms with van der Waals surface area (Å²) in [5, 5.41) is 7.51. The molecule has 1 atom stereocenters. The third-order valence-corrected chi connectivity index (χ3v) is 3.29. The van der Waals surface area contributed by atoms with Crippen LogP contribution in [0.4, 0.5) is 0 Å². The van der Waals surface area contributed by atoms with Crippen molar-refractivity contribution in [1.82, 2.24) is 10.6 Å². The molecule has 2 nitrogen and oxygen atoms in total. The molecule has 0 heterocycles. The van der Waals surface area contributed by atoms with Crippen molar-refractivity contribution in [1.29, 1.82) is 0 Å². The first-order chi connectivity index (χ1) is 9.09. The van der Waals surface area contributed by atoms with E-state index >= 15 is 0 Å². The lowest BCUT2D eigenvalue weighted by molar-refractivity contribution is 0.266. The number of nitrogens with one attached hydrogen (secondary N) is 2.